The number of rotatable bonds is 4. The Morgan fingerprint density at radius 3 is 2.41 bits per heavy atom. The monoisotopic (exact) mass is 474 g/mol. The van der Waals surface area contributed by atoms with E-state index in [0.717, 1.165) is 36.9 Å². The highest BCUT2D eigenvalue weighted by molar-refractivity contribution is 8.18. The first-order chi connectivity index (χ1) is 16.5. The maximum Gasteiger partial charge on any atom is 0.286 e. The molecule has 2 aliphatic rings. The lowest BCUT2D eigenvalue weighted by Gasteiger charge is -2.37. The van der Waals surface area contributed by atoms with Crippen molar-refractivity contribution in [3.63, 3.8) is 0 Å². The van der Waals surface area contributed by atoms with Crippen LogP contribution in [0.15, 0.2) is 75.0 Å². The summed E-state index contributed by atoms with van der Waals surface area (Å²) in [5, 5.41) is 11.6. The molecule has 8 nitrogen and oxygen atoms in total. The summed E-state index contributed by atoms with van der Waals surface area (Å²) < 4.78 is 5.85. The van der Waals surface area contributed by atoms with Crippen molar-refractivity contribution in [3.8, 4) is 11.3 Å². The van der Waals surface area contributed by atoms with Crippen LogP contribution in [-0.2, 0) is 4.79 Å². The van der Waals surface area contributed by atoms with Crippen LogP contribution in [0.25, 0.3) is 17.4 Å². The molecule has 1 saturated heterocycles. The standard InChI is InChI=1S/C25H22N4O4S/c1-17-4-2-3-5-21(17)27-12-14-28(15-13-27)25-26-24(30)23(34-25)16-20-10-11-22(33-20)18-6-8-19(9-7-18)29(31)32/h2-11,16H,12-15H2,1H3/b23-16-. The lowest BCUT2D eigenvalue weighted by atomic mass is 10.1. The number of carbonyl (C=O) groups is 1. The first-order valence-electron chi connectivity index (χ1n) is 10.9. The Labute approximate surface area is 200 Å². The first kappa shape index (κ1) is 22.0. The predicted molar refractivity (Wildman–Crippen MR) is 134 cm³/mol. The van der Waals surface area contributed by atoms with E-state index in [9.17, 15) is 14.9 Å². The van der Waals surface area contributed by atoms with E-state index in [2.05, 4.69) is 39.9 Å². The largest absolute Gasteiger partial charge is 0.457 e. The van der Waals surface area contributed by atoms with Crippen LogP contribution in [0.1, 0.15) is 11.3 Å². The SMILES string of the molecule is Cc1ccccc1N1CCN(C2=NC(=O)/C(=C/c3ccc(-c4ccc([N+](=O)[O-])cc4)o3)S2)CC1. The second-order valence-electron chi connectivity index (χ2n) is 8.08. The van der Waals surface area contributed by atoms with E-state index in [1.165, 1.54) is 35.1 Å². The fourth-order valence-corrected chi connectivity index (χ4v) is 5.00. The molecule has 0 unspecified atom stereocenters. The Morgan fingerprint density at radius 2 is 1.71 bits per heavy atom. The number of aryl methyl sites for hydroxylation is 1. The number of furan rings is 1. The number of amidine groups is 1. The van der Waals surface area contributed by atoms with Crippen LogP contribution in [0.5, 0.6) is 0 Å². The molecule has 0 aliphatic carbocycles. The molecule has 0 N–H and O–H groups in total. The van der Waals surface area contributed by atoms with Crippen LogP contribution in [0.2, 0.25) is 0 Å². The number of thioether (sulfide) groups is 1. The van der Waals surface area contributed by atoms with Crippen molar-refractivity contribution in [1.29, 1.82) is 0 Å². The number of para-hydroxylation sites is 1. The average molecular weight is 475 g/mol. The van der Waals surface area contributed by atoms with Crippen molar-refractivity contribution in [1.82, 2.24) is 4.90 Å². The summed E-state index contributed by atoms with van der Waals surface area (Å²) >= 11 is 1.36. The number of benzene rings is 2. The first-order valence-corrected chi connectivity index (χ1v) is 11.7. The molecule has 5 rings (SSSR count). The van der Waals surface area contributed by atoms with Gasteiger partial charge in [-0.1, -0.05) is 18.2 Å². The van der Waals surface area contributed by atoms with Gasteiger partial charge in [-0.2, -0.15) is 4.99 Å². The third-order valence-electron chi connectivity index (χ3n) is 5.88. The Morgan fingerprint density at radius 1 is 1.00 bits per heavy atom. The van der Waals surface area contributed by atoms with E-state index in [1.54, 1.807) is 30.3 Å². The molecule has 0 spiro atoms. The van der Waals surface area contributed by atoms with Crippen molar-refractivity contribution in [3.05, 3.63) is 87.0 Å². The van der Waals surface area contributed by atoms with Crippen LogP contribution >= 0.6 is 11.8 Å². The molecule has 0 atom stereocenters. The Bertz CT molecular complexity index is 1300. The maximum absolute atomic E-state index is 12.5. The van der Waals surface area contributed by atoms with Crippen LogP contribution in [0.4, 0.5) is 11.4 Å². The van der Waals surface area contributed by atoms with E-state index in [-0.39, 0.29) is 11.6 Å². The number of nitro groups is 1. The molecule has 0 bridgehead atoms. The molecule has 3 heterocycles. The van der Waals surface area contributed by atoms with Gasteiger partial charge in [-0.3, -0.25) is 14.9 Å². The normalized spacial score (nSPS) is 17.4. The van der Waals surface area contributed by atoms with E-state index in [0.29, 0.717) is 16.4 Å². The summed E-state index contributed by atoms with van der Waals surface area (Å²) in [4.78, 5) is 32.2. The zero-order valence-electron chi connectivity index (χ0n) is 18.5. The van der Waals surface area contributed by atoms with Gasteiger partial charge in [-0.05, 0) is 54.6 Å². The van der Waals surface area contributed by atoms with Gasteiger partial charge >= 0.3 is 0 Å². The minimum atomic E-state index is -0.440. The van der Waals surface area contributed by atoms with Crippen molar-refractivity contribution < 1.29 is 14.1 Å². The molecular formula is C25H22N4O4S. The highest BCUT2D eigenvalue weighted by atomic mass is 32.2. The maximum atomic E-state index is 12.5. The number of hydrogen-bond donors (Lipinski definition) is 0. The Balaban J connectivity index is 1.23. The van der Waals surface area contributed by atoms with Crippen molar-refractivity contribution in [2.24, 2.45) is 4.99 Å². The molecule has 1 amide bonds. The summed E-state index contributed by atoms with van der Waals surface area (Å²) in [7, 11) is 0. The number of piperazine rings is 1. The van der Waals surface area contributed by atoms with Gasteiger partial charge in [0.25, 0.3) is 11.6 Å². The zero-order valence-corrected chi connectivity index (χ0v) is 19.3. The summed E-state index contributed by atoms with van der Waals surface area (Å²) in [6.07, 6.45) is 1.70. The van der Waals surface area contributed by atoms with Crippen molar-refractivity contribution in [2.45, 2.75) is 6.92 Å². The summed E-state index contributed by atoms with van der Waals surface area (Å²) in [5.41, 5.74) is 3.26. The Kier molecular flexibility index (Phi) is 5.93. The van der Waals surface area contributed by atoms with Gasteiger partial charge in [0, 0.05) is 55.6 Å². The number of non-ortho nitro benzene ring substituents is 1. The molecular weight excluding hydrogens is 452 g/mol. The number of nitrogens with zero attached hydrogens (tertiary/aromatic N) is 4. The van der Waals surface area contributed by atoms with Gasteiger partial charge in [0.1, 0.15) is 11.5 Å². The molecule has 0 radical (unpaired) electrons. The van der Waals surface area contributed by atoms with Gasteiger partial charge < -0.3 is 14.2 Å². The second kappa shape index (κ2) is 9.18. The van der Waals surface area contributed by atoms with E-state index in [1.807, 2.05) is 6.07 Å². The highest BCUT2D eigenvalue weighted by Gasteiger charge is 2.29. The zero-order chi connectivity index (χ0) is 23.7. The number of carbonyl (C=O) groups excluding carboxylic acids is 1. The third kappa shape index (κ3) is 4.47. The highest BCUT2D eigenvalue weighted by Crippen LogP contribution is 2.33. The van der Waals surface area contributed by atoms with Gasteiger partial charge in [-0.15, -0.1) is 0 Å². The molecule has 3 aromatic rings. The lowest BCUT2D eigenvalue weighted by molar-refractivity contribution is -0.384. The predicted octanol–water partition coefficient (Wildman–Crippen LogP) is 4.96. The third-order valence-corrected chi connectivity index (χ3v) is 6.92. The fraction of sp³-hybridized carbons (Fsp3) is 0.200. The molecule has 172 valence electrons. The minimum Gasteiger partial charge on any atom is -0.457 e. The Hall–Kier alpha value is -3.85. The second-order valence-corrected chi connectivity index (χ2v) is 9.09. The smallest absolute Gasteiger partial charge is 0.286 e. The summed E-state index contributed by atoms with van der Waals surface area (Å²) in [6.45, 7) is 5.45. The summed E-state index contributed by atoms with van der Waals surface area (Å²) in [6, 6.07) is 18.1. The molecule has 0 saturated carbocycles. The molecule has 2 aromatic carbocycles. The van der Waals surface area contributed by atoms with E-state index >= 15 is 0 Å². The van der Waals surface area contributed by atoms with Crippen LogP contribution in [0.3, 0.4) is 0 Å². The lowest BCUT2D eigenvalue weighted by Crippen LogP contribution is -2.48. The number of nitro benzene ring substituents is 1. The van der Waals surface area contributed by atoms with Crippen LogP contribution < -0.4 is 4.90 Å². The number of amides is 1. The number of aliphatic imine (C=N–C) groups is 1. The van der Waals surface area contributed by atoms with Crippen LogP contribution in [-0.4, -0.2) is 47.1 Å². The van der Waals surface area contributed by atoms with Gasteiger partial charge in [-0.25, -0.2) is 0 Å². The minimum absolute atomic E-state index is 0.0232. The molecule has 9 heteroatoms. The van der Waals surface area contributed by atoms with Crippen molar-refractivity contribution >= 4 is 40.3 Å². The number of anilines is 1. The number of hydrogen-bond acceptors (Lipinski definition) is 7. The molecule has 34 heavy (non-hydrogen) atoms. The topological polar surface area (TPSA) is 92.2 Å². The van der Waals surface area contributed by atoms with E-state index in [4.69, 9.17) is 4.42 Å². The van der Waals surface area contributed by atoms with Crippen molar-refractivity contribution in [2.75, 3.05) is 31.1 Å². The van der Waals surface area contributed by atoms with E-state index < -0.39 is 4.92 Å². The average Bonchev–Trinajstić information content (AvgIpc) is 3.47. The van der Waals surface area contributed by atoms with Gasteiger partial charge in [0.15, 0.2) is 5.17 Å². The van der Waals surface area contributed by atoms with Gasteiger partial charge in [0.2, 0.25) is 0 Å². The fourth-order valence-electron chi connectivity index (χ4n) is 4.05. The van der Waals surface area contributed by atoms with Gasteiger partial charge in [0.05, 0.1) is 9.83 Å². The molecule has 1 aromatic heterocycles. The van der Waals surface area contributed by atoms with Crippen LogP contribution in [0, 0.1) is 17.0 Å². The summed E-state index contributed by atoms with van der Waals surface area (Å²) in [5.74, 6) is 0.838. The molecule has 1 fully saturated rings. The molecule has 2 aliphatic heterocycles. The quantitative estimate of drug-likeness (QED) is 0.300.